The largest absolute Gasteiger partial charge is 0.507 e. The zero-order valence-corrected chi connectivity index (χ0v) is 7.72. The molecular weight excluding hydrogens is 162 g/mol. The number of fused-ring (bicyclic) bond motifs is 1. The maximum atomic E-state index is 9.60. The zero-order chi connectivity index (χ0) is 9.42. The highest BCUT2D eigenvalue weighted by molar-refractivity contribution is 5.99. The van der Waals surface area contributed by atoms with Crippen LogP contribution >= 0.6 is 0 Å². The lowest BCUT2D eigenvalue weighted by Gasteiger charge is -2.06. The third-order valence-electron chi connectivity index (χ3n) is 2.61. The van der Waals surface area contributed by atoms with Crippen molar-refractivity contribution >= 4 is 5.71 Å². The second-order valence-corrected chi connectivity index (χ2v) is 3.62. The molecule has 0 spiro atoms. The van der Waals surface area contributed by atoms with E-state index in [4.69, 9.17) is 5.41 Å². The lowest BCUT2D eigenvalue weighted by Crippen LogP contribution is -1.95. The van der Waals surface area contributed by atoms with Crippen molar-refractivity contribution in [3.05, 3.63) is 28.8 Å². The van der Waals surface area contributed by atoms with Crippen molar-refractivity contribution in [2.45, 2.75) is 26.2 Å². The summed E-state index contributed by atoms with van der Waals surface area (Å²) in [4.78, 5) is 0. The molecule has 0 saturated carbocycles. The fraction of sp³-hybridized carbons (Fsp3) is 0.364. The maximum Gasteiger partial charge on any atom is 0.124 e. The van der Waals surface area contributed by atoms with Crippen LogP contribution in [0.1, 0.15) is 30.0 Å². The fourth-order valence-corrected chi connectivity index (χ4v) is 1.91. The minimum atomic E-state index is 0.258. The Morgan fingerprint density at radius 3 is 2.54 bits per heavy atom. The Morgan fingerprint density at radius 2 is 1.92 bits per heavy atom. The Kier molecular flexibility index (Phi) is 1.83. The van der Waals surface area contributed by atoms with Crippen molar-refractivity contribution in [1.29, 1.82) is 5.41 Å². The lowest BCUT2D eigenvalue weighted by atomic mass is 10.0. The summed E-state index contributed by atoms with van der Waals surface area (Å²) in [5.74, 6) is 0.258. The molecule has 2 rings (SSSR count). The highest BCUT2D eigenvalue weighted by atomic mass is 16.3. The summed E-state index contributed by atoms with van der Waals surface area (Å²) in [6.07, 6.45) is 3.34. The number of aryl methyl sites for hydroxylation is 2. The molecule has 0 atom stereocenters. The molecule has 1 aliphatic carbocycles. The second-order valence-electron chi connectivity index (χ2n) is 3.62. The van der Waals surface area contributed by atoms with Crippen molar-refractivity contribution in [2.24, 2.45) is 0 Å². The van der Waals surface area contributed by atoms with Crippen LogP contribution in [0.4, 0.5) is 0 Å². The van der Waals surface area contributed by atoms with Gasteiger partial charge in [-0.3, -0.25) is 0 Å². The SMILES string of the molecule is CC(=N)c1cc2c(cc1O)CCC2. The first-order valence-corrected chi connectivity index (χ1v) is 4.59. The second kappa shape index (κ2) is 2.87. The van der Waals surface area contributed by atoms with Gasteiger partial charge < -0.3 is 10.5 Å². The molecular formula is C11H13NO. The molecule has 0 radical (unpaired) electrons. The van der Waals surface area contributed by atoms with Gasteiger partial charge in [-0.15, -0.1) is 0 Å². The van der Waals surface area contributed by atoms with Gasteiger partial charge in [0.15, 0.2) is 0 Å². The minimum absolute atomic E-state index is 0.258. The van der Waals surface area contributed by atoms with Gasteiger partial charge >= 0.3 is 0 Å². The lowest BCUT2D eigenvalue weighted by molar-refractivity contribution is 0.473. The molecule has 2 nitrogen and oxygen atoms in total. The predicted molar refractivity (Wildman–Crippen MR) is 52.6 cm³/mol. The van der Waals surface area contributed by atoms with E-state index in [2.05, 4.69) is 0 Å². The summed E-state index contributed by atoms with van der Waals surface area (Å²) in [5, 5.41) is 17.1. The van der Waals surface area contributed by atoms with Crippen LogP contribution in [-0.4, -0.2) is 10.8 Å². The number of hydrogen-bond donors (Lipinski definition) is 2. The first kappa shape index (κ1) is 8.30. The van der Waals surface area contributed by atoms with Crippen LogP contribution in [-0.2, 0) is 12.8 Å². The Balaban J connectivity index is 2.55. The van der Waals surface area contributed by atoms with Gasteiger partial charge in [0, 0.05) is 11.3 Å². The molecule has 1 aromatic carbocycles. The quantitative estimate of drug-likeness (QED) is 0.632. The van der Waals surface area contributed by atoms with Gasteiger partial charge in [0.05, 0.1) is 0 Å². The molecule has 0 amide bonds. The summed E-state index contributed by atoms with van der Waals surface area (Å²) in [7, 11) is 0. The van der Waals surface area contributed by atoms with E-state index < -0.39 is 0 Å². The van der Waals surface area contributed by atoms with Gasteiger partial charge in [0.2, 0.25) is 0 Å². The maximum absolute atomic E-state index is 9.60. The Bertz CT molecular complexity index is 369. The third kappa shape index (κ3) is 1.32. The van der Waals surface area contributed by atoms with Gasteiger partial charge in [0.25, 0.3) is 0 Å². The average Bonchev–Trinajstić information content (AvgIpc) is 2.48. The predicted octanol–water partition coefficient (Wildman–Crippen LogP) is 2.27. The Labute approximate surface area is 77.7 Å². The first-order valence-electron chi connectivity index (χ1n) is 4.59. The number of phenols is 1. The molecule has 1 aliphatic rings. The zero-order valence-electron chi connectivity index (χ0n) is 7.72. The van der Waals surface area contributed by atoms with Crippen LogP contribution in [0.5, 0.6) is 5.75 Å². The summed E-state index contributed by atoms with van der Waals surface area (Å²) < 4.78 is 0. The minimum Gasteiger partial charge on any atom is -0.507 e. The molecule has 0 aromatic heterocycles. The van der Waals surface area contributed by atoms with Gasteiger partial charge in [0.1, 0.15) is 5.75 Å². The van der Waals surface area contributed by atoms with Crippen LogP contribution in [0.3, 0.4) is 0 Å². The fourth-order valence-electron chi connectivity index (χ4n) is 1.91. The van der Waals surface area contributed by atoms with Gasteiger partial charge in [-0.25, -0.2) is 0 Å². The Morgan fingerprint density at radius 1 is 1.31 bits per heavy atom. The normalized spacial score (nSPS) is 14.2. The third-order valence-corrected chi connectivity index (χ3v) is 2.61. The van der Waals surface area contributed by atoms with E-state index >= 15 is 0 Å². The number of aromatic hydroxyl groups is 1. The van der Waals surface area contributed by atoms with Crippen molar-refractivity contribution in [3.8, 4) is 5.75 Å². The molecule has 0 aliphatic heterocycles. The standard InChI is InChI=1S/C11H13NO/c1-7(12)10-5-8-3-2-4-9(8)6-11(10)13/h5-6,12-13H,2-4H2,1H3. The number of nitrogens with one attached hydrogen (secondary N) is 1. The van der Waals surface area contributed by atoms with E-state index in [1.54, 1.807) is 6.92 Å². The van der Waals surface area contributed by atoms with Crippen LogP contribution in [0.15, 0.2) is 12.1 Å². The van der Waals surface area contributed by atoms with Crippen molar-refractivity contribution in [2.75, 3.05) is 0 Å². The van der Waals surface area contributed by atoms with Crippen molar-refractivity contribution < 1.29 is 5.11 Å². The highest BCUT2D eigenvalue weighted by Gasteiger charge is 2.14. The summed E-state index contributed by atoms with van der Waals surface area (Å²) >= 11 is 0. The van der Waals surface area contributed by atoms with E-state index in [1.807, 2.05) is 12.1 Å². The van der Waals surface area contributed by atoms with E-state index in [0.29, 0.717) is 11.3 Å². The molecule has 2 heteroatoms. The molecule has 0 bridgehead atoms. The van der Waals surface area contributed by atoms with E-state index in [0.717, 1.165) is 12.8 Å². The molecule has 0 saturated heterocycles. The van der Waals surface area contributed by atoms with Gasteiger partial charge in [-0.2, -0.15) is 0 Å². The number of rotatable bonds is 1. The number of phenolic OH excluding ortho intramolecular Hbond substituents is 1. The number of benzene rings is 1. The van der Waals surface area contributed by atoms with E-state index in [1.165, 1.54) is 17.5 Å². The molecule has 13 heavy (non-hydrogen) atoms. The summed E-state index contributed by atoms with van der Waals surface area (Å²) in [5.41, 5.74) is 3.68. The Hall–Kier alpha value is -1.31. The molecule has 0 heterocycles. The number of hydrogen-bond acceptors (Lipinski definition) is 2. The summed E-state index contributed by atoms with van der Waals surface area (Å²) in [6, 6.07) is 3.77. The molecule has 1 aromatic rings. The first-order chi connectivity index (χ1) is 6.18. The van der Waals surface area contributed by atoms with Crippen LogP contribution in [0, 0.1) is 5.41 Å². The van der Waals surface area contributed by atoms with Gasteiger partial charge in [-0.05, 0) is 49.4 Å². The van der Waals surface area contributed by atoms with E-state index in [-0.39, 0.29) is 5.75 Å². The molecule has 2 N–H and O–H groups in total. The van der Waals surface area contributed by atoms with Crippen molar-refractivity contribution in [3.63, 3.8) is 0 Å². The molecule has 0 unspecified atom stereocenters. The van der Waals surface area contributed by atoms with Crippen molar-refractivity contribution in [1.82, 2.24) is 0 Å². The highest BCUT2D eigenvalue weighted by Crippen LogP contribution is 2.29. The topological polar surface area (TPSA) is 44.1 Å². The molecule has 68 valence electrons. The van der Waals surface area contributed by atoms with Crippen LogP contribution in [0.2, 0.25) is 0 Å². The average molecular weight is 175 g/mol. The van der Waals surface area contributed by atoms with Crippen LogP contribution in [0.25, 0.3) is 0 Å². The van der Waals surface area contributed by atoms with Gasteiger partial charge in [-0.1, -0.05) is 0 Å². The monoisotopic (exact) mass is 175 g/mol. The van der Waals surface area contributed by atoms with Crippen LogP contribution < -0.4 is 0 Å². The van der Waals surface area contributed by atoms with E-state index in [9.17, 15) is 5.11 Å². The molecule has 0 fully saturated rings. The smallest absolute Gasteiger partial charge is 0.124 e. The summed E-state index contributed by atoms with van der Waals surface area (Å²) in [6.45, 7) is 1.70.